The van der Waals surface area contributed by atoms with Crippen LogP contribution in [-0.4, -0.2) is 162 Å². The van der Waals surface area contributed by atoms with Crippen LogP contribution in [-0.2, 0) is 35.3 Å². The van der Waals surface area contributed by atoms with E-state index in [1.807, 2.05) is 63.2 Å². The van der Waals surface area contributed by atoms with Crippen LogP contribution in [0.5, 0.6) is 11.5 Å². The summed E-state index contributed by atoms with van der Waals surface area (Å²) in [6.45, 7) is 6.49. The number of rotatable bonds is 29. The molecule has 9 amide bonds. The number of hydrogen-bond acceptors (Lipinski definition) is 16. The molecule has 24 nitrogen and oxygen atoms in total. The van der Waals surface area contributed by atoms with E-state index in [1.165, 1.54) is 40.9 Å². The number of amides is 9. The summed E-state index contributed by atoms with van der Waals surface area (Å²) >= 11 is 6.60. The number of likely N-dealkylation sites (N-methyl/N-ethyl adjacent to an activating group) is 1. The summed E-state index contributed by atoms with van der Waals surface area (Å²) in [6, 6.07) is 27.2. The topological polar surface area (TPSA) is 292 Å². The van der Waals surface area contributed by atoms with Gasteiger partial charge in [0.15, 0.2) is 5.76 Å². The Hall–Kier alpha value is -9.07. The van der Waals surface area contributed by atoms with Gasteiger partial charge in [0.1, 0.15) is 42.6 Å². The summed E-state index contributed by atoms with van der Waals surface area (Å²) in [6.07, 6.45) is 2.56. The second-order valence-corrected chi connectivity index (χ2v) is 23.1. The normalized spacial score (nSPS) is 16.5. The third kappa shape index (κ3) is 16.2. The molecule has 1 fully saturated rings. The van der Waals surface area contributed by atoms with Gasteiger partial charge in [0.05, 0.1) is 29.2 Å². The van der Waals surface area contributed by atoms with Crippen molar-refractivity contribution in [2.45, 2.75) is 76.5 Å². The lowest BCUT2D eigenvalue weighted by atomic mass is 9.95. The molecule has 1 saturated heterocycles. The number of furan rings is 1. The van der Waals surface area contributed by atoms with Crippen molar-refractivity contribution in [3.8, 4) is 11.5 Å². The first-order chi connectivity index (χ1) is 43.3. The molecule has 4 heterocycles. The Balaban J connectivity index is 0.787. The summed E-state index contributed by atoms with van der Waals surface area (Å²) in [7, 11) is 6.96. The fraction of sp³-hybridized carbons (Fsp3) is 0.385. The van der Waals surface area contributed by atoms with Crippen LogP contribution in [0.3, 0.4) is 0 Å². The summed E-state index contributed by atoms with van der Waals surface area (Å²) in [5.41, 5.74) is 8.80. The first-order valence-corrected chi connectivity index (χ1v) is 30.4. The van der Waals surface area contributed by atoms with Gasteiger partial charge in [0.2, 0.25) is 11.8 Å². The third-order valence-corrected chi connectivity index (χ3v) is 16.1. The van der Waals surface area contributed by atoms with Crippen LogP contribution in [0.4, 0.5) is 37.1 Å². The number of anilines is 4. The van der Waals surface area contributed by atoms with Crippen LogP contribution in [0.1, 0.15) is 67.1 Å². The molecule has 90 heavy (non-hydrogen) atoms. The van der Waals surface area contributed by atoms with E-state index in [4.69, 9.17) is 40.7 Å². The zero-order chi connectivity index (χ0) is 64.2. The number of para-hydroxylation sites is 2. The molecule has 3 aliphatic heterocycles. The maximum atomic E-state index is 14.4. The molecule has 0 spiro atoms. The number of nitrogens with one attached hydrogen (secondary N) is 5. The molecular formula is C65H76ClN11O13. The van der Waals surface area contributed by atoms with Gasteiger partial charge in [0.25, 0.3) is 17.7 Å². The van der Waals surface area contributed by atoms with Gasteiger partial charge in [-0.25, -0.2) is 14.4 Å². The smallest absolute Gasteiger partial charge is 0.419 e. The monoisotopic (exact) mass is 1250 g/mol. The molecule has 9 rings (SSSR count). The predicted octanol–water partition coefficient (Wildman–Crippen LogP) is 7.42. The van der Waals surface area contributed by atoms with Crippen LogP contribution in [0.15, 0.2) is 120 Å². The minimum absolute atomic E-state index is 0.0504. The number of hydrogen-bond donors (Lipinski definition) is 6. The molecular weight excluding hydrogens is 1180 g/mol. The number of carbonyl (C=O) groups is 8. The highest BCUT2D eigenvalue weighted by atomic mass is 35.5. The minimum atomic E-state index is -0.994. The van der Waals surface area contributed by atoms with E-state index in [9.17, 15) is 38.4 Å². The molecule has 0 radical (unpaired) electrons. The Morgan fingerprint density at radius 3 is 2.19 bits per heavy atom. The predicted molar refractivity (Wildman–Crippen MR) is 341 cm³/mol. The Bertz CT molecular complexity index is 3630. The lowest BCUT2D eigenvalue weighted by Gasteiger charge is -2.25. The molecule has 7 N–H and O–H groups in total. The van der Waals surface area contributed by atoms with Gasteiger partial charge in [0, 0.05) is 99.8 Å². The highest BCUT2D eigenvalue weighted by Gasteiger charge is 2.39. The summed E-state index contributed by atoms with van der Waals surface area (Å²) in [4.78, 5) is 113. The standard InChI is InChI=1S/C65H76ClN11O13/c1-39(2)58(68-28-29-69-61-52(89-61)18-12-30-76-55(78)25-26-56(76)79)60(81)72-47(15-11-27-70-63(67)83)59(80)71-43-21-19-40(20-22-43)38-87-64(84)74(5)48-16-9-10-17-49(48)75(6)65(85)90-53-35-50-57(46-14-8-7-13-45(46)53)42(36-66)37-77(50)62(82)54-34-41-33-44(23-24-51(41)88-54)86-32-31-73(3)4/h7-10,13-14,16-17,19-26,33-35,39,42,47,52,58,61,68-69H,11-12,15,18,27-32,36-38H2,1-6H3,(H,71,80)(H,72,81)(H3,67,70,83)/t42-,47?,52?,58+,61?/m1/s1. The van der Waals surface area contributed by atoms with E-state index in [0.717, 1.165) is 17.5 Å². The van der Waals surface area contributed by atoms with Crippen LogP contribution in [0, 0.1) is 5.92 Å². The van der Waals surface area contributed by atoms with E-state index in [0.29, 0.717) is 95.9 Å². The largest absolute Gasteiger partial charge is 0.492 e. The summed E-state index contributed by atoms with van der Waals surface area (Å²) in [5.74, 6) is -1.11. The number of alkyl halides is 1. The van der Waals surface area contributed by atoms with E-state index < -0.39 is 48.0 Å². The number of ether oxygens (including phenoxy) is 4. The fourth-order valence-corrected chi connectivity index (χ4v) is 11.1. The minimum Gasteiger partial charge on any atom is -0.492 e. The highest BCUT2D eigenvalue weighted by molar-refractivity contribution is 6.19. The van der Waals surface area contributed by atoms with Gasteiger partial charge in [-0.05, 0) is 111 Å². The fourth-order valence-electron chi connectivity index (χ4n) is 10.8. The second-order valence-electron chi connectivity index (χ2n) is 22.8. The van der Waals surface area contributed by atoms with Gasteiger partial charge in [-0.1, -0.05) is 62.4 Å². The Morgan fingerprint density at radius 2 is 1.50 bits per heavy atom. The first-order valence-electron chi connectivity index (χ1n) is 29.9. The van der Waals surface area contributed by atoms with Crippen LogP contribution >= 0.6 is 11.6 Å². The van der Waals surface area contributed by atoms with Gasteiger partial charge < -0.3 is 60.2 Å². The van der Waals surface area contributed by atoms with Crippen LogP contribution < -0.4 is 56.5 Å². The number of nitrogens with two attached hydrogens (primary N) is 1. The summed E-state index contributed by atoms with van der Waals surface area (Å²) < 4.78 is 29.7. The van der Waals surface area contributed by atoms with Crippen molar-refractivity contribution in [1.29, 1.82) is 0 Å². The van der Waals surface area contributed by atoms with Crippen molar-refractivity contribution in [3.63, 3.8) is 0 Å². The van der Waals surface area contributed by atoms with Gasteiger partial charge in [-0.15, -0.1) is 11.6 Å². The van der Waals surface area contributed by atoms with Crippen LogP contribution in [0.25, 0.3) is 21.7 Å². The molecule has 0 saturated carbocycles. The van der Waals surface area contributed by atoms with Crippen molar-refractivity contribution in [2.24, 2.45) is 11.7 Å². The third-order valence-electron chi connectivity index (χ3n) is 15.7. The molecule has 5 aromatic carbocycles. The Labute approximate surface area is 526 Å². The number of benzene rings is 5. The number of carbonyl (C=O) groups excluding carboxylic acids is 8. The first kappa shape index (κ1) is 65.4. The van der Waals surface area contributed by atoms with Gasteiger partial charge in [-0.3, -0.25) is 44.0 Å². The van der Waals surface area contributed by atoms with Crippen molar-refractivity contribution in [1.82, 2.24) is 31.1 Å². The summed E-state index contributed by atoms with van der Waals surface area (Å²) in [5, 5.41) is 16.9. The van der Waals surface area contributed by atoms with Crippen molar-refractivity contribution < 1.29 is 61.7 Å². The van der Waals surface area contributed by atoms with E-state index in [2.05, 4.69) is 26.6 Å². The van der Waals surface area contributed by atoms with Crippen LogP contribution in [0.2, 0.25) is 0 Å². The highest BCUT2D eigenvalue weighted by Crippen LogP contribution is 2.47. The molecule has 5 atom stereocenters. The second kappa shape index (κ2) is 30.0. The van der Waals surface area contributed by atoms with Gasteiger partial charge >= 0.3 is 18.2 Å². The number of urea groups is 1. The maximum absolute atomic E-state index is 14.4. The SMILES string of the molecule is CC(C)[C@H](NCCNC1OC1CCCN1C(=O)C=CC1=O)C(=O)NC(CCCNC(N)=O)C(=O)Nc1ccc(COC(=O)N(C)c2ccccc2N(C)C(=O)Oc2cc3c(c4ccccc24)[C@H](CCl)CN3C(=O)c2cc3cc(OCCN(C)C)ccc3o2)cc1. The molecule has 3 aliphatic rings. The number of nitrogens with zero attached hydrogens (tertiary/aromatic N) is 5. The average Bonchev–Trinajstić information content (AvgIpc) is 1.56. The molecule has 6 aromatic rings. The lowest BCUT2D eigenvalue weighted by Crippen LogP contribution is -2.54. The number of primary amides is 1. The molecule has 0 aliphatic carbocycles. The zero-order valence-corrected chi connectivity index (χ0v) is 51.9. The molecule has 476 valence electrons. The maximum Gasteiger partial charge on any atom is 0.419 e. The number of epoxide rings is 1. The lowest BCUT2D eigenvalue weighted by molar-refractivity contribution is -0.137. The van der Waals surface area contributed by atoms with Gasteiger partial charge in [-0.2, -0.15) is 0 Å². The van der Waals surface area contributed by atoms with Crippen molar-refractivity contribution in [2.75, 3.05) is 100.0 Å². The number of fused-ring (bicyclic) bond motifs is 4. The Kier molecular flexibility index (Phi) is 21.8. The Morgan fingerprint density at radius 1 is 0.800 bits per heavy atom. The van der Waals surface area contributed by atoms with Crippen molar-refractivity contribution in [3.05, 3.63) is 132 Å². The van der Waals surface area contributed by atoms with E-state index in [-0.39, 0.29) is 79.5 Å². The number of halogens is 1. The van der Waals surface area contributed by atoms with Crippen molar-refractivity contribution >= 4 is 104 Å². The van der Waals surface area contributed by atoms with E-state index >= 15 is 0 Å². The number of imide groups is 1. The molecule has 3 unspecified atom stereocenters. The molecule has 1 aromatic heterocycles. The zero-order valence-electron chi connectivity index (χ0n) is 51.1. The molecule has 0 bridgehead atoms. The average molecular weight is 1250 g/mol. The quantitative estimate of drug-likeness (QED) is 0.0115. The molecule has 25 heteroatoms. The van der Waals surface area contributed by atoms with E-state index in [1.54, 1.807) is 77.7 Å².